The van der Waals surface area contributed by atoms with Crippen LogP contribution in [0.4, 0.5) is 35.3 Å². The van der Waals surface area contributed by atoms with Crippen LogP contribution in [0.5, 0.6) is 0 Å². The SMILES string of the molecule is NC(N)=Nc1ccc(CNC(=O)N2CCN(C(=O)OC3CCCC(OC(=O)N4CCN(C(=O)NCc5ccc(N=C(N)N)cc5)CC4)CCC3)CC2)cc1.O=C(O)N1CCN(C(=O)CCC(=O)N2CCNCC2)CC1. The quantitative estimate of drug-likeness (QED) is 0.116. The van der Waals surface area contributed by atoms with Gasteiger partial charge in [-0.2, -0.15) is 0 Å². The van der Waals surface area contributed by atoms with Crippen molar-refractivity contribution in [2.75, 3.05) is 105 Å². The number of hydrogen-bond acceptors (Lipinski definition) is 12. The average molecular weight is 1050 g/mol. The highest BCUT2D eigenvalue weighted by Crippen LogP contribution is 2.24. The maximum absolute atomic E-state index is 13.0. The number of hydrogen-bond donors (Lipinski definition) is 8. The van der Waals surface area contributed by atoms with E-state index in [1.807, 2.05) is 24.3 Å². The Morgan fingerprint density at radius 3 is 1.19 bits per heavy atom. The summed E-state index contributed by atoms with van der Waals surface area (Å²) < 4.78 is 11.8. The van der Waals surface area contributed by atoms with E-state index in [1.54, 1.807) is 53.7 Å². The number of nitrogens with one attached hydrogen (secondary N) is 3. The third-order valence-corrected chi connectivity index (χ3v) is 13.5. The van der Waals surface area contributed by atoms with Gasteiger partial charge in [-0.15, -0.1) is 0 Å². The molecule has 0 radical (unpaired) electrons. The molecule has 26 heteroatoms. The van der Waals surface area contributed by atoms with E-state index >= 15 is 0 Å². The summed E-state index contributed by atoms with van der Waals surface area (Å²) in [6.45, 7) is 8.38. The first-order chi connectivity index (χ1) is 36.1. The lowest BCUT2D eigenvalue weighted by molar-refractivity contribution is -0.138. The van der Waals surface area contributed by atoms with Crippen molar-refractivity contribution in [1.82, 2.24) is 50.2 Å². The van der Waals surface area contributed by atoms with Gasteiger partial charge in [0.2, 0.25) is 11.8 Å². The number of urea groups is 2. The van der Waals surface area contributed by atoms with E-state index < -0.39 is 6.09 Å². The van der Waals surface area contributed by atoms with Gasteiger partial charge in [0, 0.05) is 131 Å². The Hall–Kier alpha value is -7.77. The number of rotatable bonds is 11. The summed E-state index contributed by atoms with van der Waals surface area (Å²) in [5.74, 6) is -0.0829. The molecule has 2 aromatic rings. The monoisotopic (exact) mass is 1050 g/mol. The Morgan fingerprint density at radius 1 is 0.493 bits per heavy atom. The van der Waals surface area contributed by atoms with Crippen LogP contribution in [0.25, 0.3) is 0 Å². The van der Waals surface area contributed by atoms with Crippen LogP contribution in [0.1, 0.15) is 62.5 Å². The molecule has 4 saturated heterocycles. The van der Waals surface area contributed by atoms with Crippen molar-refractivity contribution in [2.45, 2.75) is 76.7 Å². The average Bonchev–Trinajstić information content (AvgIpc) is 3.41. The number of carbonyl (C=O) groups excluding carboxylic acids is 6. The summed E-state index contributed by atoms with van der Waals surface area (Å²) in [4.78, 5) is 106. The summed E-state index contributed by atoms with van der Waals surface area (Å²) in [6, 6.07) is 14.1. The molecule has 410 valence electrons. The number of carboxylic acid groups (broad SMARTS) is 1. The first kappa shape index (κ1) is 56.5. The van der Waals surface area contributed by atoms with Crippen molar-refractivity contribution < 1.29 is 48.1 Å². The van der Waals surface area contributed by atoms with E-state index in [2.05, 4.69) is 25.9 Å². The van der Waals surface area contributed by atoms with Gasteiger partial charge in [0.05, 0.1) is 11.4 Å². The summed E-state index contributed by atoms with van der Waals surface area (Å²) in [5, 5.41) is 17.9. The van der Waals surface area contributed by atoms with Gasteiger partial charge in [0.25, 0.3) is 0 Å². The third-order valence-electron chi connectivity index (χ3n) is 13.5. The fourth-order valence-electron chi connectivity index (χ4n) is 9.13. The fourth-order valence-corrected chi connectivity index (χ4v) is 9.13. The van der Waals surface area contributed by atoms with Gasteiger partial charge >= 0.3 is 30.3 Å². The molecule has 4 aliphatic heterocycles. The number of ether oxygens (including phenoxy) is 2. The van der Waals surface area contributed by atoms with E-state index in [4.69, 9.17) is 37.5 Å². The lowest BCUT2D eigenvalue weighted by atomic mass is 9.96. The second-order valence-electron chi connectivity index (χ2n) is 18.8. The number of amides is 9. The van der Waals surface area contributed by atoms with E-state index in [0.29, 0.717) is 142 Å². The van der Waals surface area contributed by atoms with Gasteiger partial charge in [-0.3, -0.25) is 9.59 Å². The summed E-state index contributed by atoms with van der Waals surface area (Å²) in [6.07, 6.45) is 2.58. The molecule has 2 aromatic carbocycles. The van der Waals surface area contributed by atoms with E-state index in [0.717, 1.165) is 37.1 Å². The zero-order valence-electron chi connectivity index (χ0n) is 42.6. The predicted octanol–water partition coefficient (Wildman–Crippen LogP) is 1.24. The van der Waals surface area contributed by atoms with E-state index in [-0.39, 0.29) is 73.0 Å². The largest absolute Gasteiger partial charge is 0.465 e. The number of guanidine groups is 2. The maximum atomic E-state index is 13.0. The molecule has 9 amide bonds. The molecule has 1 saturated carbocycles. The van der Waals surface area contributed by atoms with Crippen LogP contribution in [-0.4, -0.2) is 210 Å². The van der Waals surface area contributed by atoms with Gasteiger partial charge < -0.3 is 87.8 Å². The summed E-state index contributed by atoms with van der Waals surface area (Å²) >= 11 is 0. The highest BCUT2D eigenvalue weighted by Gasteiger charge is 2.31. The molecule has 0 atom stereocenters. The molecular weight excluding hydrogens is 973 g/mol. The summed E-state index contributed by atoms with van der Waals surface area (Å²) in [5.41, 5.74) is 24.7. The molecule has 4 heterocycles. The normalized spacial score (nSPS) is 19.2. The van der Waals surface area contributed by atoms with Gasteiger partial charge in [0.1, 0.15) is 12.2 Å². The van der Waals surface area contributed by atoms with Crippen molar-refractivity contribution in [3.63, 3.8) is 0 Å². The number of nitrogens with two attached hydrogens (primary N) is 4. The molecule has 5 fully saturated rings. The standard InChI is InChI=1S/C36H52N12O6.C13H22N4O4/c37-31(38)43-27-11-7-25(8-12-27)23-41-33(49)45-15-19-47(20-16-45)35(51)53-29-3-1-4-30(6-2-5-29)54-36(52)48-21-17-46(18-22-48)34(50)42-24-26-9-13-28(14-10-26)44-32(39)40;18-11(15-5-3-14-4-6-15)1-2-12(19)16-7-9-17(10-8-16)13(20)21/h7-14,29-30H,1-6,15-24H2,(H,41,49)(H,42,50)(H4,37,38,43)(H4,39,40,44);14H,1-10H2,(H,20,21). The third kappa shape index (κ3) is 18.6. The van der Waals surface area contributed by atoms with Gasteiger partial charge in [-0.25, -0.2) is 34.0 Å². The van der Waals surface area contributed by atoms with Crippen LogP contribution in [0, 0.1) is 0 Å². The molecule has 0 spiro atoms. The lowest BCUT2D eigenvalue weighted by Crippen LogP contribution is -2.53. The van der Waals surface area contributed by atoms with Crippen molar-refractivity contribution in [3.8, 4) is 0 Å². The lowest BCUT2D eigenvalue weighted by Gasteiger charge is -2.36. The van der Waals surface area contributed by atoms with Crippen molar-refractivity contribution in [1.29, 1.82) is 0 Å². The van der Waals surface area contributed by atoms with Gasteiger partial charge in [-0.05, 0) is 73.9 Å². The number of piperazine rings is 4. The first-order valence-electron chi connectivity index (χ1n) is 25.7. The fraction of sp³-hybridized carbons (Fsp3) is 0.571. The maximum Gasteiger partial charge on any atom is 0.410 e. The first-order valence-corrected chi connectivity index (χ1v) is 25.7. The van der Waals surface area contributed by atoms with Crippen LogP contribution in [0.2, 0.25) is 0 Å². The molecule has 5 aliphatic rings. The van der Waals surface area contributed by atoms with Crippen LogP contribution < -0.4 is 38.9 Å². The zero-order chi connectivity index (χ0) is 53.7. The Balaban J connectivity index is 0.000000362. The second-order valence-corrected chi connectivity index (χ2v) is 18.8. The Kier molecular flexibility index (Phi) is 21.6. The van der Waals surface area contributed by atoms with Crippen LogP contribution >= 0.6 is 0 Å². The zero-order valence-corrected chi connectivity index (χ0v) is 42.6. The predicted molar refractivity (Wildman–Crippen MR) is 278 cm³/mol. The van der Waals surface area contributed by atoms with E-state index in [1.165, 1.54) is 4.90 Å². The molecule has 0 unspecified atom stereocenters. The minimum absolute atomic E-state index is 0.0195. The number of benzene rings is 2. The second kappa shape index (κ2) is 28.6. The van der Waals surface area contributed by atoms with Gasteiger partial charge in [0.15, 0.2) is 11.9 Å². The van der Waals surface area contributed by atoms with Gasteiger partial charge in [-0.1, -0.05) is 24.3 Å². The van der Waals surface area contributed by atoms with Crippen LogP contribution in [0.3, 0.4) is 0 Å². The molecule has 12 N–H and O–H groups in total. The summed E-state index contributed by atoms with van der Waals surface area (Å²) in [7, 11) is 0. The molecule has 0 bridgehead atoms. The minimum atomic E-state index is -0.948. The number of aliphatic imine (C=N–C) groups is 2. The number of nitrogens with zero attached hydrogens (tertiary/aromatic N) is 9. The Morgan fingerprint density at radius 2 is 0.827 bits per heavy atom. The Bertz CT molecular complexity index is 2150. The van der Waals surface area contributed by atoms with Crippen molar-refractivity contribution >= 4 is 65.5 Å². The van der Waals surface area contributed by atoms with Crippen LogP contribution in [0.15, 0.2) is 58.5 Å². The molecule has 7 rings (SSSR count). The highest BCUT2D eigenvalue weighted by molar-refractivity contribution is 5.84. The molecule has 26 nitrogen and oxygen atoms in total. The highest BCUT2D eigenvalue weighted by atomic mass is 16.6. The number of carbonyl (C=O) groups is 7. The van der Waals surface area contributed by atoms with Crippen LogP contribution in [-0.2, 0) is 32.2 Å². The molecular formula is C49H74N16O10. The van der Waals surface area contributed by atoms with E-state index in [9.17, 15) is 33.6 Å². The smallest absolute Gasteiger partial charge is 0.410 e. The van der Waals surface area contributed by atoms with Crippen molar-refractivity contribution in [3.05, 3.63) is 59.7 Å². The molecule has 1 aliphatic carbocycles. The molecule has 75 heavy (non-hydrogen) atoms. The minimum Gasteiger partial charge on any atom is -0.465 e. The Labute approximate surface area is 436 Å². The topological polar surface area (TPSA) is 346 Å². The van der Waals surface area contributed by atoms with Crippen molar-refractivity contribution in [2.24, 2.45) is 32.9 Å². The molecule has 0 aromatic heterocycles.